The van der Waals surface area contributed by atoms with Crippen molar-refractivity contribution in [1.82, 2.24) is 15.3 Å². The van der Waals surface area contributed by atoms with Crippen LogP contribution in [0.1, 0.15) is 17.4 Å². The second-order valence-corrected chi connectivity index (χ2v) is 3.61. The molecule has 80 valence electrons. The van der Waals surface area contributed by atoms with Crippen LogP contribution in [0.2, 0.25) is 0 Å². The third-order valence-corrected chi connectivity index (χ3v) is 2.18. The normalized spacial score (nSPS) is 11.9. The largest absolute Gasteiger partial charge is 0.480 e. The average Bonchev–Trinajstić information content (AvgIpc) is 2.18. The quantitative estimate of drug-likeness (QED) is 0.834. The van der Waals surface area contributed by atoms with E-state index in [0.717, 1.165) is 0 Å². The van der Waals surface area contributed by atoms with Gasteiger partial charge in [-0.1, -0.05) is 0 Å². The molecule has 0 aliphatic carbocycles. The van der Waals surface area contributed by atoms with Gasteiger partial charge >= 0.3 is 5.97 Å². The molecule has 0 saturated carbocycles. The summed E-state index contributed by atoms with van der Waals surface area (Å²) >= 11 is 3.09. The zero-order valence-corrected chi connectivity index (χ0v) is 9.35. The summed E-state index contributed by atoms with van der Waals surface area (Å²) in [4.78, 5) is 29.4. The second-order valence-electron chi connectivity index (χ2n) is 2.75. The summed E-state index contributed by atoms with van der Waals surface area (Å²) < 4.78 is 0.417. The molecule has 0 spiro atoms. The monoisotopic (exact) mass is 273 g/mol. The molecule has 15 heavy (non-hydrogen) atoms. The molecule has 1 aromatic heterocycles. The lowest BCUT2D eigenvalue weighted by Crippen LogP contribution is -2.38. The molecule has 6 nitrogen and oxygen atoms in total. The van der Waals surface area contributed by atoms with Gasteiger partial charge in [0.2, 0.25) is 0 Å². The molecule has 2 N–H and O–H groups in total. The molecule has 7 heteroatoms. The van der Waals surface area contributed by atoms with E-state index >= 15 is 0 Å². The van der Waals surface area contributed by atoms with Gasteiger partial charge in [0, 0.05) is 6.20 Å². The van der Waals surface area contributed by atoms with Crippen molar-refractivity contribution >= 4 is 27.8 Å². The van der Waals surface area contributed by atoms with Gasteiger partial charge in [0.05, 0.1) is 4.47 Å². The van der Waals surface area contributed by atoms with Crippen molar-refractivity contribution in [2.45, 2.75) is 13.0 Å². The van der Waals surface area contributed by atoms with Crippen molar-refractivity contribution in [1.29, 1.82) is 0 Å². The Labute approximate surface area is 93.9 Å². The topological polar surface area (TPSA) is 92.2 Å². The molecule has 0 aliphatic rings. The summed E-state index contributed by atoms with van der Waals surface area (Å²) in [5.74, 6) is -1.66. The number of carbonyl (C=O) groups is 2. The summed E-state index contributed by atoms with van der Waals surface area (Å²) in [6.45, 7) is 1.37. The first kappa shape index (κ1) is 11.6. The van der Waals surface area contributed by atoms with Crippen LogP contribution in [0.15, 0.2) is 17.0 Å². The molecule has 0 radical (unpaired) electrons. The number of carboxylic acids is 1. The standard InChI is InChI=1S/C8H8BrN3O3/c1-4(8(14)15)12-7(13)6-5(9)2-10-3-11-6/h2-4H,1H3,(H,12,13)(H,14,15)/t4-/m1/s1. The Morgan fingerprint density at radius 2 is 2.27 bits per heavy atom. The fraction of sp³-hybridized carbons (Fsp3) is 0.250. The molecule has 0 aliphatic heterocycles. The number of hydrogen-bond acceptors (Lipinski definition) is 4. The summed E-state index contributed by atoms with van der Waals surface area (Å²) in [6.07, 6.45) is 2.62. The van der Waals surface area contributed by atoms with Gasteiger partial charge in [-0.3, -0.25) is 9.59 Å². The minimum Gasteiger partial charge on any atom is -0.480 e. The van der Waals surface area contributed by atoms with Crippen LogP contribution in [0.3, 0.4) is 0 Å². The van der Waals surface area contributed by atoms with Gasteiger partial charge in [-0.25, -0.2) is 9.97 Å². The highest BCUT2D eigenvalue weighted by Gasteiger charge is 2.17. The molecular formula is C8H8BrN3O3. The van der Waals surface area contributed by atoms with Gasteiger partial charge in [0.1, 0.15) is 18.1 Å². The molecule has 1 aromatic rings. The van der Waals surface area contributed by atoms with E-state index in [-0.39, 0.29) is 5.69 Å². The highest BCUT2D eigenvalue weighted by Crippen LogP contribution is 2.11. The van der Waals surface area contributed by atoms with E-state index in [1.165, 1.54) is 19.4 Å². The maximum absolute atomic E-state index is 11.5. The van der Waals surface area contributed by atoms with E-state index < -0.39 is 17.9 Å². The minimum absolute atomic E-state index is 0.109. The van der Waals surface area contributed by atoms with Gasteiger partial charge in [0.15, 0.2) is 0 Å². The van der Waals surface area contributed by atoms with Gasteiger partial charge in [0.25, 0.3) is 5.91 Å². The second kappa shape index (κ2) is 4.83. The molecule has 0 bridgehead atoms. The number of rotatable bonds is 3. The highest BCUT2D eigenvalue weighted by molar-refractivity contribution is 9.10. The fourth-order valence-electron chi connectivity index (χ4n) is 0.806. The summed E-state index contributed by atoms with van der Waals surface area (Å²) in [7, 11) is 0. The number of aromatic nitrogens is 2. The fourth-order valence-corrected chi connectivity index (χ4v) is 1.21. The van der Waals surface area contributed by atoms with E-state index in [4.69, 9.17) is 5.11 Å². The van der Waals surface area contributed by atoms with Gasteiger partial charge < -0.3 is 10.4 Å². The smallest absolute Gasteiger partial charge is 0.325 e. The predicted molar refractivity (Wildman–Crippen MR) is 54.3 cm³/mol. The summed E-state index contributed by atoms with van der Waals surface area (Å²) in [5.41, 5.74) is 0.109. The first-order valence-corrected chi connectivity index (χ1v) is 4.81. The van der Waals surface area contributed by atoms with Gasteiger partial charge in [-0.05, 0) is 22.9 Å². The SMILES string of the molecule is C[C@@H](NC(=O)c1ncncc1Br)C(=O)O. The molecule has 0 unspecified atom stereocenters. The van der Waals surface area contributed by atoms with Crippen LogP contribution >= 0.6 is 15.9 Å². The molecule has 1 atom stereocenters. The lowest BCUT2D eigenvalue weighted by molar-refractivity contribution is -0.138. The molecule has 0 aromatic carbocycles. The minimum atomic E-state index is -1.10. The molecule has 1 heterocycles. The Hall–Kier alpha value is -1.50. The predicted octanol–water partition coefficient (Wildman–Crippen LogP) is 0.442. The Kier molecular flexibility index (Phi) is 3.73. The number of aliphatic carboxylic acids is 1. The van der Waals surface area contributed by atoms with Crippen molar-refractivity contribution in [3.8, 4) is 0 Å². The van der Waals surface area contributed by atoms with Crippen LogP contribution in [0.4, 0.5) is 0 Å². The number of carbonyl (C=O) groups excluding carboxylic acids is 1. The number of carboxylic acid groups (broad SMARTS) is 1. The van der Waals surface area contributed by atoms with E-state index in [9.17, 15) is 9.59 Å². The van der Waals surface area contributed by atoms with E-state index in [0.29, 0.717) is 4.47 Å². The Balaban J connectivity index is 2.78. The Morgan fingerprint density at radius 3 is 2.80 bits per heavy atom. The molecular weight excluding hydrogens is 266 g/mol. The number of hydrogen-bond donors (Lipinski definition) is 2. The van der Waals surface area contributed by atoms with Crippen LogP contribution in [0.5, 0.6) is 0 Å². The van der Waals surface area contributed by atoms with Crippen molar-refractivity contribution in [3.63, 3.8) is 0 Å². The van der Waals surface area contributed by atoms with Gasteiger partial charge in [-0.15, -0.1) is 0 Å². The van der Waals surface area contributed by atoms with Crippen LogP contribution < -0.4 is 5.32 Å². The lowest BCUT2D eigenvalue weighted by Gasteiger charge is -2.08. The molecule has 0 fully saturated rings. The third kappa shape index (κ3) is 2.98. The molecule has 1 rings (SSSR count). The first-order valence-electron chi connectivity index (χ1n) is 4.01. The van der Waals surface area contributed by atoms with E-state index in [1.807, 2.05) is 0 Å². The number of nitrogens with zero attached hydrogens (tertiary/aromatic N) is 2. The molecule has 1 amide bonds. The van der Waals surface area contributed by atoms with Crippen molar-refractivity contribution in [2.24, 2.45) is 0 Å². The van der Waals surface area contributed by atoms with E-state index in [1.54, 1.807) is 0 Å². The van der Waals surface area contributed by atoms with Crippen molar-refractivity contribution in [3.05, 3.63) is 22.7 Å². The number of halogens is 1. The Morgan fingerprint density at radius 1 is 1.60 bits per heavy atom. The van der Waals surface area contributed by atoms with Gasteiger partial charge in [-0.2, -0.15) is 0 Å². The summed E-state index contributed by atoms with van der Waals surface area (Å²) in [6, 6.07) is -0.959. The summed E-state index contributed by atoms with van der Waals surface area (Å²) in [5, 5.41) is 10.9. The average molecular weight is 274 g/mol. The third-order valence-electron chi connectivity index (χ3n) is 1.60. The van der Waals surface area contributed by atoms with Crippen LogP contribution in [0, 0.1) is 0 Å². The van der Waals surface area contributed by atoms with Crippen LogP contribution in [0.25, 0.3) is 0 Å². The van der Waals surface area contributed by atoms with Crippen molar-refractivity contribution < 1.29 is 14.7 Å². The molecule has 0 saturated heterocycles. The Bertz CT molecular complexity index is 396. The lowest BCUT2D eigenvalue weighted by atomic mass is 10.3. The van der Waals surface area contributed by atoms with Crippen molar-refractivity contribution in [2.75, 3.05) is 0 Å². The highest BCUT2D eigenvalue weighted by atomic mass is 79.9. The maximum Gasteiger partial charge on any atom is 0.325 e. The zero-order chi connectivity index (χ0) is 11.4. The van der Waals surface area contributed by atoms with Crippen LogP contribution in [-0.2, 0) is 4.79 Å². The number of amides is 1. The first-order chi connectivity index (χ1) is 7.02. The van der Waals surface area contributed by atoms with Crippen LogP contribution in [-0.4, -0.2) is 33.0 Å². The maximum atomic E-state index is 11.5. The zero-order valence-electron chi connectivity index (χ0n) is 7.77. The van der Waals surface area contributed by atoms with E-state index in [2.05, 4.69) is 31.2 Å². The number of nitrogens with one attached hydrogen (secondary N) is 1.